The van der Waals surface area contributed by atoms with Gasteiger partial charge in [-0.15, -0.1) is 11.8 Å². The number of hydrogen-bond acceptors (Lipinski definition) is 3. The van der Waals surface area contributed by atoms with Gasteiger partial charge in [-0.25, -0.2) is 0 Å². The number of nitrogens with zero attached hydrogens (tertiary/aromatic N) is 2. The quantitative estimate of drug-likeness (QED) is 0.827. The molecule has 4 nitrogen and oxygen atoms in total. The van der Waals surface area contributed by atoms with Gasteiger partial charge in [-0.2, -0.15) is 0 Å². The summed E-state index contributed by atoms with van der Waals surface area (Å²) in [5.41, 5.74) is 2.69. The SMILES string of the molecule is O=C([C@H]1CCCN1C(=O)C1CCc2ccccc2C1)N1CCSC1. The molecule has 2 fully saturated rings. The van der Waals surface area contributed by atoms with Gasteiger partial charge in [-0.1, -0.05) is 24.3 Å². The Morgan fingerprint density at radius 2 is 1.88 bits per heavy atom. The highest BCUT2D eigenvalue weighted by molar-refractivity contribution is 7.99. The molecule has 128 valence electrons. The van der Waals surface area contributed by atoms with Crippen LogP contribution < -0.4 is 0 Å². The zero-order chi connectivity index (χ0) is 16.5. The summed E-state index contributed by atoms with van der Waals surface area (Å²) in [6.07, 6.45) is 4.49. The summed E-state index contributed by atoms with van der Waals surface area (Å²) >= 11 is 1.80. The highest BCUT2D eigenvalue weighted by Gasteiger charge is 2.40. The lowest BCUT2D eigenvalue weighted by Crippen LogP contribution is -2.49. The molecule has 1 aromatic carbocycles. The molecule has 2 aliphatic heterocycles. The van der Waals surface area contributed by atoms with E-state index in [-0.39, 0.29) is 23.8 Å². The Kier molecular flexibility index (Phi) is 4.53. The minimum absolute atomic E-state index is 0.0428. The van der Waals surface area contributed by atoms with Crippen molar-refractivity contribution < 1.29 is 9.59 Å². The second-order valence-electron chi connectivity index (χ2n) is 7.04. The summed E-state index contributed by atoms with van der Waals surface area (Å²) in [5.74, 6) is 2.22. The van der Waals surface area contributed by atoms with Gasteiger partial charge in [0.25, 0.3) is 0 Å². The third-order valence-corrected chi connectivity index (χ3v) is 6.55. The van der Waals surface area contributed by atoms with E-state index in [9.17, 15) is 9.59 Å². The van der Waals surface area contributed by atoms with Crippen LogP contribution in [0.4, 0.5) is 0 Å². The minimum Gasteiger partial charge on any atom is -0.331 e. The van der Waals surface area contributed by atoms with Crippen LogP contribution >= 0.6 is 11.8 Å². The molecule has 1 unspecified atom stereocenters. The highest BCUT2D eigenvalue weighted by Crippen LogP contribution is 2.30. The van der Waals surface area contributed by atoms with Crippen molar-refractivity contribution in [2.24, 2.45) is 5.92 Å². The first-order valence-corrected chi connectivity index (χ1v) is 10.1. The molecule has 24 heavy (non-hydrogen) atoms. The molecule has 1 aromatic rings. The maximum absolute atomic E-state index is 13.1. The third-order valence-electron chi connectivity index (χ3n) is 5.58. The molecular weight excluding hydrogens is 320 g/mol. The Bertz CT molecular complexity index is 642. The summed E-state index contributed by atoms with van der Waals surface area (Å²) in [6, 6.07) is 8.23. The second kappa shape index (κ2) is 6.79. The molecule has 4 rings (SSSR count). The van der Waals surface area contributed by atoms with Crippen LogP contribution in [0.3, 0.4) is 0 Å². The number of carbonyl (C=O) groups excluding carboxylic acids is 2. The number of aryl methyl sites for hydroxylation is 1. The Morgan fingerprint density at radius 1 is 1.04 bits per heavy atom. The van der Waals surface area contributed by atoms with E-state index < -0.39 is 0 Å². The Hall–Kier alpha value is -1.49. The lowest BCUT2D eigenvalue weighted by molar-refractivity contribution is -0.145. The van der Waals surface area contributed by atoms with Crippen molar-refractivity contribution in [2.45, 2.75) is 38.1 Å². The molecule has 2 saturated heterocycles. The van der Waals surface area contributed by atoms with Gasteiger partial charge in [-0.05, 0) is 43.2 Å². The monoisotopic (exact) mass is 344 g/mol. The number of likely N-dealkylation sites (tertiary alicyclic amines) is 1. The number of fused-ring (bicyclic) bond motifs is 1. The molecule has 2 heterocycles. The Morgan fingerprint density at radius 3 is 2.67 bits per heavy atom. The fraction of sp³-hybridized carbons (Fsp3) is 0.579. The zero-order valence-corrected chi connectivity index (χ0v) is 14.8. The first-order chi connectivity index (χ1) is 11.7. The zero-order valence-electron chi connectivity index (χ0n) is 13.9. The van der Waals surface area contributed by atoms with Crippen molar-refractivity contribution in [3.05, 3.63) is 35.4 Å². The lowest BCUT2D eigenvalue weighted by Gasteiger charge is -2.32. The van der Waals surface area contributed by atoms with E-state index in [0.717, 1.165) is 56.8 Å². The van der Waals surface area contributed by atoms with Gasteiger partial charge in [-0.3, -0.25) is 9.59 Å². The molecule has 5 heteroatoms. The number of rotatable bonds is 2. The summed E-state index contributed by atoms with van der Waals surface area (Å²) in [5, 5.41) is 0. The van der Waals surface area contributed by atoms with Gasteiger partial charge in [0, 0.05) is 24.8 Å². The van der Waals surface area contributed by atoms with E-state index in [2.05, 4.69) is 24.3 Å². The van der Waals surface area contributed by atoms with Crippen molar-refractivity contribution in [2.75, 3.05) is 24.7 Å². The molecule has 0 radical (unpaired) electrons. The minimum atomic E-state index is -0.214. The van der Waals surface area contributed by atoms with Crippen molar-refractivity contribution in [1.29, 1.82) is 0 Å². The number of benzene rings is 1. The summed E-state index contributed by atoms with van der Waals surface area (Å²) < 4.78 is 0. The lowest BCUT2D eigenvalue weighted by atomic mass is 9.83. The van der Waals surface area contributed by atoms with E-state index in [1.807, 2.05) is 9.80 Å². The van der Waals surface area contributed by atoms with Gasteiger partial charge in [0.1, 0.15) is 6.04 Å². The molecule has 1 aliphatic carbocycles. The van der Waals surface area contributed by atoms with Gasteiger partial charge >= 0.3 is 0 Å². The third kappa shape index (κ3) is 2.94. The standard InChI is InChI=1S/C19H24N2O2S/c22-18(16-8-7-14-4-1-2-5-15(14)12-16)21-9-3-6-17(21)19(23)20-10-11-24-13-20/h1-2,4-5,16-17H,3,6-13H2/t16?,17-/m1/s1. The van der Waals surface area contributed by atoms with Crippen LogP contribution in [0.5, 0.6) is 0 Å². The fourth-order valence-corrected chi connectivity index (χ4v) is 5.18. The highest BCUT2D eigenvalue weighted by atomic mass is 32.2. The van der Waals surface area contributed by atoms with E-state index >= 15 is 0 Å². The topological polar surface area (TPSA) is 40.6 Å². The number of amides is 2. The number of thioether (sulfide) groups is 1. The van der Waals surface area contributed by atoms with Gasteiger partial charge in [0.2, 0.25) is 11.8 Å². The normalized spacial score (nSPS) is 26.5. The van der Waals surface area contributed by atoms with Crippen LogP contribution in [0, 0.1) is 5.92 Å². The smallest absolute Gasteiger partial charge is 0.246 e. The Balaban J connectivity index is 1.46. The molecule has 0 N–H and O–H groups in total. The van der Waals surface area contributed by atoms with E-state index in [1.165, 1.54) is 11.1 Å². The number of carbonyl (C=O) groups is 2. The molecule has 2 atom stereocenters. The molecule has 0 bridgehead atoms. The molecular formula is C19H24N2O2S. The van der Waals surface area contributed by atoms with Crippen LogP contribution in [0.2, 0.25) is 0 Å². The summed E-state index contributed by atoms with van der Waals surface area (Å²) in [6.45, 7) is 1.58. The van der Waals surface area contributed by atoms with Crippen LogP contribution in [-0.2, 0) is 22.4 Å². The molecule has 0 saturated carbocycles. The molecule has 2 amide bonds. The maximum atomic E-state index is 13.1. The van der Waals surface area contributed by atoms with Crippen molar-refractivity contribution in [3.63, 3.8) is 0 Å². The first-order valence-electron chi connectivity index (χ1n) is 8.98. The number of hydrogen-bond donors (Lipinski definition) is 0. The van der Waals surface area contributed by atoms with Crippen molar-refractivity contribution in [3.8, 4) is 0 Å². The van der Waals surface area contributed by atoms with Crippen LogP contribution in [0.25, 0.3) is 0 Å². The molecule has 3 aliphatic rings. The second-order valence-corrected chi connectivity index (χ2v) is 8.11. The van der Waals surface area contributed by atoms with Crippen molar-refractivity contribution >= 4 is 23.6 Å². The average Bonchev–Trinajstić information content (AvgIpc) is 3.31. The summed E-state index contributed by atoms with van der Waals surface area (Å²) in [7, 11) is 0. The van der Waals surface area contributed by atoms with Gasteiger partial charge < -0.3 is 9.80 Å². The average molecular weight is 344 g/mol. The maximum Gasteiger partial charge on any atom is 0.246 e. The Labute approximate surface area is 147 Å². The van der Waals surface area contributed by atoms with E-state index in [4.69, 9.17) is 0 Å². The largest absolute Gasteiger partial charge is 0.331 e. The fourth-order valence-electron chi connectivity index (χ4n) is 4.23. The predicted molar refractivity (Wildman–Crippen MR) is 95.7 cm³/mol. The van der Waals surface area contributed by atoms with Crippen molar-refractivity contribution in [1.82, 2.24) is 9.80 Å². The molecule has 0 spiro atoms. The van der Waals surface area contributed by atoms with Crippen LogP contribution in [-0.4, -0.2) is 52.4 Å². The van der Waals surface area contributed by atoms with E-state index in [0.29, 0.717) is 0 Å². The van der Waals surface area contributed by atoms with Crippen LogP contribution in [0.1, 0.15) is 30.4 Å². The first kappa shape index (κ1) is 16.0. The van der Waals surface area contributed by atoms with Gasteiger partial charge in [0.05, 0.1) is 5.88 Å². The van der Waals surface area contributed by atoms with Gasteiger partial charge in [0.15, 0.2) is 0 Å². The molecule has 0 aromatic heterocycles. The summed E-state index contributed by atoms with van der Waals surface area (Å²) in [4.78, 5) is 29.7. The van der Waals surface area contributed by atoms with Crippen LogP contribution in [0.15, 0.2) is 24.3 Å². The van der Waals surface area contributed by atoms with E-state index in [1.54, 1.807) is 11.8 Å². The predicted octanol–water partition coefficient (Wildman–Crippen LogP) is 2.32.